The summed E-state index contributed by atoms with van der Waals surface area (Å²) in [5.41, 5.74) is 1.03. The molecule has 0 radical (unpaired) electrons. The van der Waals surface area contributed by atoms with Gasteiger partial charge in [-0.3, -0.25) is 4.79 Å². The molecule has 0 bridgehead atoms. The zero-order chi connectivity index (χ0) is 11.0. The molecule has 0 unspecified atom stereocenters. The van der Waals surface area contributed by atoms with E-state index >= 15 is 0 Å². The van der Waals surface area contributed by atoms with E-state index in [1.807, 2.05) is 24.3 Å². The van der Waals surface area contributed by atoms with Crippen LogP contribution in [-0.2, 0) is 9.53 Å². The fraction of sp³-hybridized carbons (Fsp3) is 0.417. The molecule has 2 aliphatic rings. The van der Waals surface area contributed by atoms with Crippen LogP contribution in [0.4, 0.5) is 0 Å². The van der Waals surface area contributed by atoms with E-state index in [1.165, 1.54) is 0 Å². The van der Waals surface area contributed by atoms with Gasteiger partial charge in [-0.1, -0.05) is 18.2 Å². The van der Waals surface area contributed by atoms with Crippen LogP contribution in [0, 0.1) is 0 Å². The molecular formula is C12H13NO3. The number of benzene rings is 1. The zero-order valence-corrected chi connectivity index (χ0v) is 8.81. The van der Waals surface area contributed by atoms with Gasteiger partial charge in [0, 0.05) is 12.0 Å². The maximum absolute atomic E-state index is 11.3. The summed E-state index contributed by atoms with van der Waals surface area (Å²) in [6, 6.07) is 7.88. The van der Waals surface area contributed by atoms with E-state index in [4.69, 9.17) is 9.47 Å². The summed E-state index contributed by atoms with van der Waals surface area (Å²) < 4.78 is 11.3. The Morgan fingerprint density at radius 2 is 2.19 bits per heavy atom. The molecule has 4 nitrogen and oxygen atoms in total. The van der Waals surface area contributed by atoms with Gasteiger partial charge in [-0.05, 0) is 6.07 Å². The predicted molar refractivity (Wildman–Crippen MR) is 57.2 cm³/mol. The first kappa shape index (κ1) is 9.66. The van der Waals surface area contributed by atoms with Crippen LogP contribution in [0.3, 0.4) is 0 Å². The Balaban J connectivity index is 1.98. The number of morpholine rings is 1. The van der Waals surface area contributed by atoms with Crippen LogP contribution in [0.15, 0.2) is 24.3 Å². The monoisotopic (exact) mass is 219 g/mol. The lowest BCUT2D eigenvalue weighted by Gasteiger charge is -2.30. The first-order valence-electron chi connectivity index (χ1n) is 5.47. The minimum absolute atomic E-state index is 0.0323. The number of fused-ring (bicyclic) bond motifs is 3. The van der Waals surface area contributed by atoms with E-state index in [0.717, 1.165) is 17.7 Å². The lowest BCUT2D eigenvalue weighted by Crippen LogP contribution is -2.47. The average Bonchev–Trinajstić information content (AvgIpc) is 2.47. The molecule has 1 amide bonds. The maximum atomic E-state index is 11.3. The highest BCUT2D eigenvalue weighted by molar-refractivity contribution is 5.78. The number of rotatable bonds is 0. The molecule has 1 aromatic rings. The number of nitrogens with one attached hydrogen (secondary N) is 1. The molecule has 4 heteroatoms. The van der Waals surface area contributed by atoms with Crippen LogP contribution < -0.4 is 10.1 Å². The number of para-hydroxylation sites is 1. The van der Waals surface area contributed by atoms with Crippen molar-refractivity contribution in [1.82, 2.24) is 5.32 Å². The second kappa shape index (κ2) is 3.79. The largest absolute Gasteiger partial charge is 0.493 e. The highest BCUT2D eigenvalue weighted by atomic mass is 16.5. The van der Waals surface area contributed by atoms with Crippen LogP contribution >= 0.6 is 0 Å². The Hall–Kier alpha value is -1.55. The fourth-order valence-corrected chi connectivity index (χ4v) is 2.28. The number of carbonyl (C=O) groups excluding carboxylic acids is 1. The van der Waals surface area contributed by atoms with Gasteiger partial charge in [-0.15, -0.1) is 0 Å². The molecule has 2 heterocycles. The summed E-state index contributed by atoms with van der Waals surface area (Å²) >= 11 is 0. The summed E-state index contributed by atoms with van der Waals surface area (Å²) in [5, 5.41) is 2.96. The van der Waals surface area contributed by atoms with Crippen LogP contribution in [0.25, 0.3) is 0 Å². The average molecular weight is 219 g/mol. The van der Waals surface area contributed by atoms with Crippen LogP contribution in [0.1, 0.15) is 18.1 Å². The second-order valence-electron chi connectivity index (χ2n) is 4.08. The first-order valence-corrected chi connectivity index (χ1v) is 5.47. The molecule has 84 valence electrons. The minimum atomic E-state index is -0.0728. The van der Waals surface area contributed by atoms with Crippen molar-refractivity contribution in [2.45, 2.75) is 18.6 Å². The number of hydrogen-bond donors (Lipinski definition) is 1. The molecular weight excluding hydrogens is 206 g/mol. The molecule has 16 heavy (non-hydrogen) atoms. The Morgan fingerprint density at radius 1 is 1.31 bits per heavy atom. The Morgan fingerprint density at radius 3 is 3.12 bits per heavy atom. The maximum Gasteiger partial charge on any atom is 0.246 e. The number of carbonyl (C=O) groups is 1. The summed E-state index contributed by atoms with van der Waals surface area (Å²) in [6.07, 6.45) is 0.710. The Bertz CT molecular complexity index is 418. The molecule has 1 N–H and O–H groups in total. The molecule has 0 aromatic heterocycles. The Labute approximate surface area is 93.5 Å². The fourth-order valence-electron chi connectivity index (χ4n) is 2.28. The third kappa shape index (κ3) is 1.55. The van der Waals surface area contributed by atoms with E-state index in [2.05, 4.69) is 5.32 Å². The normalized spacial score (nSPS) is 28.1. The summed E-state index contributed by atoms with van der Waals surface area (Å²) in [6.45, 7) is 0.747. The third-order valence-electron chi connectivity index (χ3n) is 3.02. The second-order valence-corrected chi connectivity index (χ2v) is 4.08. The Kier molecular flexibility index (Phi) is 2.29. The highest BCUT2D eigenvalue weighted by Gasteiger charge is 2.34. The van der Waals surface area contributed by atoms with E-state index in [-0.39, 0.29) is 24.7 Å². The number of ether oxygens (including phenoxy) is 2. The van der Waals surface area contributed by atoms with Gasteiger partial charge in [0.2, 0.25) is 5.91 Å². The van der Waals surface area contributed by atoms with Gasteiger partial charge in [0.05, 0.1) is 12.6 Å². The third-order valence-corrected chi connectivity index (χ3v) is 3.02. The number of hydrogen-bond acceptors (Lipinski definition) is 3. The SMILES string of the molecule is O=C1CO[C@@H]2c3ccccc3OCC[C@H]2N1. The first-order chi connectivity index (χ1) is 7.84. The molecule has 0 aliphatic carbocycles. The van der Waals surface area contributed by atoms with Crippen molar-refractivity contribution >= 4 is 5.91 Å². The summed E-state index contributed by atoms with van der Waals surface area (Å²) in [4.78, 5) is 11.3. The smallest absolute Gasteiger partial charge is 0.246 e. The van der Waals surface area contributed by atoms with Gasteiger partial charge < -0.3 is 14.8 Å². The standard InChI is InChI=1S/C12H13NO3/c14-11-7-16-12-8-3-1-2-4-10(8)15-6-5-9(12)13-11/h1-4,9,12H,5-7H2,(H,13,14)/t9-,12-/m1/s1. The molecule has 0 saturated carbocycles. The summed E-state index contributed by atoms with van der Waals surface area (Å²) in [7, 11) is 0. The van der Waals surface area contributed by atoms with Crippen molar-refractivity contribution in [1.29, 1.82) is 0 Å². The lowest BCUT2D eigenvalue weighted by molar-refractivity contribution is -0.137. The van der Waals surface area contributed by atoms with Crippen LogP contribution in [0.5, 0.6) is 5.75 Å². The van der Waals surface area contributed by atoms with Crippen molar-refractivity contribution in [3.8, 4) is 5.75 Å². The molecule has 2 aliphatic heterocycles. The van der Waals surface area contributed by atoms with Gasteiger partial charge in [-0.2, -0.15) is 0 Å². The quantitative estimate of drug-likeness (QED) is 0.708. The van der Waals surface area contributed by atoms with E-state index < -0.39 is 0 Å². The molecule has 1 saturated heterocycles. The summed E-state index contributed by atoms with van der Waals surface area (Å²) in [5.74, 6) is 0.826. The topological polar surface area (TPSA) is 47.6 Å². The van der Waals surface area contributed by atoms with Crippen molar-refractivity contribution in [3.63, 3.8) is 0 Å². The van der Waals surface area contributed by atoms with Crippen LogP contribution in [-0.4, -0.2) is 25.2 Å². The van der Waals surface area contributed by atoms with Gasteiger partial charge in [0.25, 0.3) is 0 Å². The van der Waals surface area contributed by atoms with Gasteiger partial charge in [-0.25, -0.2) is 0 Å². The van der Waals surface area contributed by atoms with Crippen molar-refractivity contribution in [3.05, 3.63) is 29.8 Å². The molecule has 3 rings (SSSR count). The number of amides is 1. The van der Waals surface area contributed by atoms with Gasteiger partial charge >= 0.3 is 0 Å². The van der Waals surface area contributed by atoms with Gasteiger partial charge in [0.1, 0.15) is 18.5 Å². The molecule has 1 fully saturated rings. The highest BCUT2D eigenvalue weighted by Crippen LogP contribution is 2.35. The van der Waals surface area contributed by atoms with E-state index in [9.17, 15) is 4.79 Å². The predicted octanol–water partition coefficient (Wildman–Crippen LogP) is 1.03. The van der Waals surface area contributed by atoms with Crippen molar-refractivity contribution in [2.24, 2.45) is 0 Å². The minimum Gasteiger partial charge on any atom is -0.493 e. The molecule has 1 aromatic carbocycles. The zero-order valence-electron chi connectivity index (χ0n) is 8.81. The van der Waals surface area contributed by atoms with Gasteiger partial charge in [0.15, 0.2) is 0 Å². The van der Waals surface area contributed by atoms with E-state index in [1.54, 1.807) is 0 Å². The molecule has 2 atom stereocenters. The van der Waals surface area contributed by atoms with Crippen molar-refractivity contribution in [2.75, 3.05) is 13.2 Å². The molecule has 0 spiro atoms. The van der Waals surface area contributed by atoms with Crippen LogP contribution in [0.2, 0.25) is 0 Å². The lowest BCUT2D eigenvalue weighted by atomic mass is 9.99. The van der Waals surface area contributed by atoms with E-state index in [0.29, 0.717) is 6.61 Å². The van der Waals surface area contributed by atoms with Crippen molar-refractivity contribution < 1.29 is 14.3 Å².